The molecule has 3 rings (SSSR count). The van der Waals surface area contributed by atoms with Crippen molar-refractivity contribution in [3.63, 3.8) is 0 Å². The van der Waals surface area contributed by atoms with Gasteiger partial charge in [-0.05, 0) is 19.3 Å². The predicted molar refractivity (Wildman–Crippen MR) is 78.6 cm³/mol. The van der Waals surface area contributed by atoms with Crippen LogP contribution in [-0.4, -0.2) is 72.1 Å². The Balaban J connectivity index is 1.52. The van der Waals surface area contributed by atoms with E-state index in [-0.39, 0.29) is 31.5 Å². The van der Waals surface area contributed by atoms with Gasteiger partial charge in [0.05, 0.1) is 18.7 Å². The molecule has 12 nitrogen and oxygen atoms in total. The molecule has 0 unspecified atom stereocenters. The Hall–Kier alpha value is -1.96. The van der Waals surface area contributed by atoms with Crippen LogP contribution in [0.1, 0.15) is 25.7 Å². The van der Waals surface area contributed by atoms with Crippen LogP contribution in [0.15, 0.2) is 0 Å². The van der Waals surface area contributed by atoms with Crippen LogP contribution < -0.4 is 10.8 Å². The average molecular weight is 378 g/mol. The first-order chi connectivity index (χ1) is 11.7. The standard InChI is InChI=1S/C12H18N4O8S/c17-10-4-1-7(13-10)6-23-14-11(18)9-3-2-8-5-15(9)12(19)16(8)24-25(20,21)22/h7-9H,1-6H2,(H,13,17)(H,14,18)(H,20,21,22)/t7-,8+,9-/m0/s1. The van der Waals surface area contributed by atoms with E-state index in [0.29, 0.717) is 24.3 Å². The van der Waals surface area contributed by atoms with Crippen molar-refractivity contribution in [1.82, 2.24) is 20.8 Å². The summed E-state index contributed by atoms with van der Waals surface area (Å²) >= 11 is 0. The lowest BCUT2D eigenvalue weighted by Crippen LogP contribution is -2.50. The number of rotatable bonds is 6. The molecule has 0 aromatic rings. The van der Waals surface area contributed by atoms with E-state index in [2.05, 4.69) is 15.1 Å². The number of nitrogens with one attached hydrogen (secondary N) is 2. The third kappa shape index (κ3) is 4.00. The fourth-order valence-electron chi connectivity index (χ4n) is 3.19. The van der Waals surface area contributed by atoms with Gasteiger partial charge in [0, 0.05) is 13.0 Å². The number of hydrogen-bond donors (Lipinski definition) is 3. The van der Waals surface area contributed by atoms with Crippen molar-refractivity contribution in [2.75, 3.05) is 13.2 Å². The number of amides is 4. The van der Waals surface area contributed by atoms with E-state index in [0.717, 1.165) is 4.90 Å². The number of carbonyl (C=O) groups excluding carboxylic acids is 3. The summed E-state index contributed by atoms with van der Waals surface area (Å²) in [6.07, 6.45) is 1.65. The molecule has 13 heteroatoms. The molecule has 3 N–H and O–H groups in total. The number of piperidine rings is 1. The van der Waals surface area contributed by atoms with Gasteiger partial charge in [0.2, 0.25) is 5.91 Å². The summed E-state index contributed by atoms with van der Waals surface area (Å²) in [5, 5.41) is 3.25. The van der Waals surface area contributed by atoms with Gasteiger partial charge in [-0.2, -0.15) is 13.5 Å². The molecule has 0 aromatic heterocycles. The zero-order valence-corrected chi connectivity index (χ0v) is 13.9. The highest BCUT2D eigenvalue weighted by atomic mass is 32.3. The highest BCUT2D eigenvalue weighted by molar-refractivity contribution is 7.80. The predicted octanol–water partition coefficient (Wildman–Crippen LogP) is -1.68. The molecule has 0 saturated carbocycles. The normalized spacial score (nSPS) is 29.1. The topological polar surface area (TPSA) is 155 Å². The van der Waals surface area contributed by atoms with Gasteiger partial charge in [0.1, 0.15) is 6.04 Å². The number of hydrogen-bond acceptors (Lipinski definition) is 7. The van der Waals surface area contributed by atoms with Crippen molar-refractivity contribution < 1.29 is 36.5 Å². The smallest absolute Gasteiger partial charge is 0.351 e. The summed E-state index contributed by atoms with van der Waals surface area (Å²) in [6.45, 7) is 0.212. The van der Waals surface area contributed by atoms with Crippen LogP contribution in [0, 0.1) is 0 Å². The average Bonchev–Trinajstić information content (AvgIpc) is 3.04. The quantitative estimate of drug-likeness (QED) is 0.365. The molecule has 0 aromatic carbocycles. The second-order valence-electron chi connectivity index (χ2n) is 6.09. The molecule has 3 fully saturated rings. The van der Waals surface area contributed by atoms with Gasteiger partial charge in [0.25, 0.3) is 5.91 Å². The second-order valence-corrected chi connectivity index (χ2v) is 7.09. The molecule has 0 aliphatic carbocycles. The number of hydroxylamine groups is 3. The molecular weight excluding hydrogens is 360 g/mol. The Kier molecular flexibility index (Phi) is 4.81. The molecule has 3 atom stereocenters. The molecular formula is C12H18N4O8S. The van der Waals surface area contributed by atoms with Crippen LogP contribution in [-0.2, 0) is 29.1 Å². The summed E-state index contributed by atoms with van der Waals surface area (Å²) in [5.41, 5.74) is 2.25. The maximum Gasteiger partial charge on any atom is 0.418 e. The minimum Gasteiger partial charge on any atom is -0.351 e. The number of nitrogens with zero attached hydrogens (tertiary/aromatic N) is 2. The largest absolute Gasteiger partial charge is 0.418 e. The summed E-state index contributed by atoms with van der Waals surface area (Å²) in [4.78, 5) is 41.7. The first-order valence-corrected chi connectivity index (χ1v) is 9.09. The van der Waals surface area contributed by atoms with Gasteiger partial charge < -0.3 is 10.2 Å². The minimum absolute atomic E-state index is 0.0696. The molecule has 0 spiro atoms. The first-order valence-electron chi connectivity index (χ1n) is 7.72. The number of carbonyl (C=O) groups is 3. The zero-order valence-electron chi connectivity index (χ0n) is 13.1. The van der Waals surface area contributed by atoms with E-state index < -0.39 is 34.4 Å². The molecule has 4 amide bonds. The molecule has 0 radical (unpaired) electrons. The summed E-state index contributed by atoms with van der Waals surface area (Å²) < 4.78 is 34.7. The maximum absolute atomic E-state index is 12.2. The van der Waals surface area contributed by atoms with Crippen molar-refractivity contribution in [1.29, 1.82) is 0 Å². The van der Waals surface area contributed by atoms with Gasteiger partial charge in [-0.25, -0.2) is 10.3 Å². The van der Waals surface area contributed by atoms with Crippen LogP contribution in [0.4, 0.5) is 4.79 Å². The third-order valence-electron chi connectivity index (χ3n) is 4.34. The molecule has 3 saturated heterocycles. The van der Waals surface area contributed by atoms with Gasteiger partial charge in [-0.3, -0.25) is 19.0 Å². The highest BCUT2D eigenvalue weighted by Gasteiger charge is 2.49. The molecule has 140 valence electrons. The third-order valence-corrected chi connectivity index (χ3v) is 4.69. The van der Waals surface area contributed by atoms with Gasteiger partial charge in [0.15, 0.2) is 0 Å². The molecule has 3 aliphatic rings. The van der Waals surface area contributed by atoms with Crippen LogP contribution in [0.25, 0.3) is 0 Å². The summed E-state index contributed by atoms with van der Waals surface area (Å²) in [6, 6.07) is -2.39. The van der Waals surface area contributed by atoms with Crippen LogP contribution >= 0.6 is 0 Å². The van der Waals surface area contributed by atoms with E-state index in [9.17, 15) is 22.8 Å². The summed E-state index contributed by atoms with van der Waals surface area (Å²) in [5.74, 6) is -0.621. The number of fused-ring (bicyclic) bond motifs is 2. The fourth-order valence-corrected chi connectivity index (χ4v) is 3.58. The van der Waals surface area contributed by atoms with E-state index in [1.807, 2.05) is 0 Å². The Morgan fingerprint density at radius 3 is 2.72 bits per heavy atom. The Morgan fingerprint density at radius 2 is 2.08 bits per heavy atom. The zero-order chi connectivity index (χ0) is 18.2. The summed E-state index contributed by atoms with van der Waals surface area (Å²) in [7, 11) is -4.83. The van der Waals surface area contributed by atoms with Crippen molar-refractivity contribution in [2.24, 2.45) is 0 Å². The lowest BCUT2D eigenvalue weighted by Gasteiger charge is -2.29. The van der Waals surface area contributed by atoms with E-state index in [1.54, 1.807) is 0 Å². The van der Waals surface area contributed by atoms with Crippen LogP contribution in [0.2, 0.25) is 0 Å². The lowest BCUT2D eigenvalue weighted by molar-refractivity contribution is -0.139. The SMILES string of the molecule is O=C1CC[C@@H](CONC(=O)[C@@H]2CC[C@@H]3CN2C(=O)N3OS(=O)(=O)O)N1. The van der Waals surface area contributed by atoms with Gasteiger partial charge >= 0.3 is 16.4 Å². The monoisotopic (exact) mass is 378 g/mol. The Bertz CT molecular complexity index is 683. The van der Waals surface area contributed by atoms with E-state index in [1.165, 1.54) is 0 Å². The van der Waals surface area contributed by atoms with E-state index >= 15 is 0 Å². The Labute approximate surface area is 143 Å². The van der Waals surface area contributed by atoms with Gasteiger partial charge in [-0.15, -0.1) is 4.28 Å². The first kappa shape index (κ1) is 17.8. The maximum atomic E-state index is 12.2. The lowest BCUT2D eigenvalue weighted by atomic mass is 10.0. The fraction of sp³-hybridized carbons (Fsp3) is 0.750. The number of urea groups is 1. The van der Waals surface area contributed by atoms with Crippen molar-refractivity contribution in [3.8, 4) is 0 Å². The minimum atomic E-state index is -4.83. The van der Waals surface area contributed by atoms with Gasteiger partial charge in [-0.1, -0.05) is 0 Å². The van der Waals surface area contributed by atoms with E-state index in [4.69, 9.17) is 9.39 Å². The van der Waals surface area contributed by atoms with Crippen molar-refractivity contribution in [2.45, 2.75) is 43.8 Å². The highest BCUT2D eigenvalue weighted by Crippen LogP contribution is 2.30. The van der Waals surface area contributed by atoms with Crippen molar-refractivity contribution >= 4 is 28.2 Å². The molecule has 3 heterocycles. The second kappa shape index (κ2) is 6.74. The van der Waals surface area contributed by atoms with Crippen LogP contribution in [0.5, 0.6) is 0 Å². The molecule has 25 heavy (non-hydrogen) atoms. The molecule has 2 bridgehead atoms. The molecule has 3 aliphatic heterocycles. The Morgan fingerprint density at radius 1 is 1.32 bits per heavy atom. The van der Waals surface area contributed by atoms with Crippen molar-refractivity contribution in [3.05, 3.63) is 0 Å². The van der Waals surface area contributed by atoms with Crippen LogP contribution in [0.3, 0.4) is 0 Å².